The Balaban J connectivity index is 1.81. The van der Waals surface area contributed by atoms with E-state index >= 15 is 0 Å². The highest BCUT2D eigenvalue weighted by molar-refractivity contribution is 6.30. The Kier molecular flexibility index (Phi) is 6.25. The molecule has 0 aliphatic heterocycles. The lowest BCUT2D eigenvalue weighted by molar-refractivity contribution is -0.0753. The minimum atomic E-state index is -0.904. The van der Waals surface area contributed by atoms with Crippen LogP contribution in [0.15, 0.2) is 42.5 Å². The summed E-state index contributed by atoms with van der Waals surface area (Å²) in [5.74, 6) is 0.421. The second-order valence-electron chi connectivity index (χ2n) is 8.32. The highest BCUT2D eigenvalue weighted by Gasteiger charge is 2.43. The van der Waals surface area contributed by atoms with Gasteiger partial charge in [0.05, 0.1) is 5.60 Å². The Morgan fingerprint density at radius 3 is 2.52 bits per heavy atom. The van der Waals surface area contributed by atoms with E-state index in [-0.39, 0.29) is 11.7 Å². The Bertz CT molecular complexity index is 776. The molecular formula is C23H29ClFNO. The number of aryl methyl sites for hydroxylation is 1. The van der Waals surface area contributed by atoms with Crippen molar-refractivity contribution in [2.45, 2.75) is 38.2 Å². The number of nitrogens with zero attached hydrogens (tertiary/aromatic N) is 1. The Hall–Kier alpha value is -1.42. The third kappa shape index (κ3) is 4.71. The maximum Gasteiger partial charge on any atom is 0.126 e. The van der Waals surface area contributed by atoms with Gasteiger partial charge in [-0.05, 0) is 87.5 Å². The molecule has 1 fully saturated rings. The van der Waals surface area contributed by atoms with Gasteiger partial charge in [-0.2, -0.15) is 0 Å². The topological polar surface area (TPSA) is 23.5 Å². The SMILES string of the molecule is Cc1cc(C2(O)CCC(Cc3ccc(Cl)cc3)CC2CN(C)C)ccc1F. The number of hydrogen-bond donors (Lipinski definition) is 1. The van der Waals surface area contributed by atoms with Crippen LogP contribution in [-0.4, -0.2) is 30.6 Å². The standard InChI is InChI=1S/C23H29ClFNO/c1-16-12-19(6-9-22(16)25)23(27)11-10-18(14-20(23)15-26(2)3)13-17-4-7-21(24)8-5-17/h4-9,12,18,20,27H,10-11,13-15H2,1-3H3. The van der Waals surface area contributed by atoms with Crippen LogP contribution in [-0.2, 0) is 12.0 Å². The summed E-state index contributed by atoms with van der Waals surface area (Å²) in [4.78, 5) is 2.14. The first kappa shape index (κ1) is 20.3. The largest absolute Gasteiger partial charge is 0.385 e. The highest BCUT2D eigenvalue weighted by atomic mass is 35.5. The van der Waals surface area contributed by atoms with Crippen molar-refractivity contribution < 1.29 is 9.50 Å². The summed E-state index contributed by atoms with van der Waals surface area (Å²) in [5.41, 5.74) is 1.82. The summed E-state index contributed by atoms with van der Waals surface area (Å²) in [6.07, 6.45) is 3.61. The van der Waals surface area contributed by atoms with Crippen molar-refractivity contribution >= 4 is 11.6 Å². The summed E-state index contributed by atoms with van der Waals surface area (Å²) >= 11 is 6.00. The molecule has 3 unspecified atom stereocenters. The molecule has 4 heteroatoms. The predicted octanol–water partition coefficient (Wildman–Crippen LogP) is 5.20. The van der Waals surface area contributed by atoms with E-state index in [2.05, 4.69) is 17.0 Å². The van der Waals surface area contributed by atoms with Gasteiger partial charge < -0.3 is 10.0 Å². The molecule has 0 amide bonds. The van der Waals surface area contributed by atoms with Gasteiger partial charge in [0.2, 0.25) is 0 Å². The van der Waals surface area contributed by atoms with Gasteiger partial charge >= 0.3 is 0 Å². The molecule has 27 heavy (non-hydrogen) atoms. The van der Waals surface area contributed by atoms with E-state index in [0.29, 0.717) is 17.9 Å². The molecule has 0 radical (unpaired) electrons. The molecule has 3 atom stereocenters. The fourth-order valence-corrected chi connectivity index (χ4v) is 4.57. The Morgan fingerprint density at radius 1 is 1.19 bits per heavy atom. The zero-order chi connectivity index (χ0) is 19.6. The van der Waals surface area contributed by atoms with E-state index in [0.717, 1.165) is 36.4 Å². The number of benzene rings is 2. The lowest BCUT2D eigenvalue weighted by Crippen LogP contribution is -2.45. The molecule has 0 saturated heterocycles. The molecule has 2 nitrogen and oxygen atoms in total. The van der Waals surface area contributed by atoms with Crippen molar-refractivity contribution in [2.24, 2.45) is 11.8 Å². The van der Waals surface area contributed by atoms with Gasteiger partial charge in [0.25, 0.3) is 0 Å². The number of halogens is 2. The Labute approximate surface area is 167 Å². The molecule has 146 valence electrons. The lowest BCUT2D eigenvalue weighted by atomic mass is 9.66. The quantitative estimate of drug-likeness (QED) is 0.760. The molecule has 1 N–H and O–H groups in total. The summed E-state index contributed by atoms with van der Waals surface area (Å²) in [5, 5.41) is 12.4. The van der Waals surface area contributed by atoms with Crippen molar-refractivity contribution in [1.29, 1.82) is 0 Å². The van der Waals surface area contributed by atoms with Crippen molar-refractivity contribution in [1.82, 2.24) is 4.90 Å². The fraction of sp³-hybridized carbons (Fsp3) is 0.478. The smallest absolute Gasteiger partial charge is 0.126 e. The van der Waals surface area contributed by atoms with Crippen molar-refractivity contribution in [3.63, 3.8) is 0 Å². The summed E-state index contributed by atoms with van der Waals surface area (Å²) < 4.78 is 13.7. The van der Waals surface area contributed by atoms with E-state index < -0.39 is 5.60 Å². The number of aliphatic hydroxyl groups is 1. The van der Waals surface area contributed by atoms with Gasteiger partial charge in [0.1, 0.15) is 5.82 Å². The second-order valence-corrected chi connectivity index (χ2v) is 8.75. The van der Waals surface area contributed by atoms with Crippen LogP contribution in [0.25, 0.3) is 0 Å². The molecule has 2 aromatic rings. The summed E-state index contributed by atoms with van der Waals surface area (Å²) in [7, 11) is 4.08. The van der Waals surface area contributed by atoms with Crippen molar-refractivity contribution in [3.8, 4) is 0 Å². The summed E-state index contributed by atoms with van der Waals surface area (Å²) in [6, 6.07) is 13.1. The minimum absolute atomic E-state index is 0.114. The van der Waals surface area contributed by atoms with Crippen LogP contribution in [0.5, 0.6) is 0 Å². The monoisotopic (exact) mass is 389 g/mol. The molecule has 0 heterocycles. The Morgan fingerprint density at radius 2 is 1.89 bits per heavy atom. The maximum absolute atomic E-state index is 13.7. The average molecular weight is 390 g/mol. The first-order valence-corrected chi connectivity index (χ1v) is 10.0. The summed E-state index contributed by atoms with van der Waals surface area (Å²) in [6.45, 7) is 2.57. The maximum atomic E-state index is 13.7. The van der Waals surface area contributed by atoms with Crippen molar-refractivity contribution in [3.05, 3.63) is 70.0 Å². The molecule has 2 aromatic carbocycles. The normalized spacial score (nSPS) is 25.7. The zero-order valence-electron chi connectivity index (χ0n) is 16.4. The van der Waals surface area contributed by atoms with E-state index in [1.165, 1.54) is 11.6 Å². The molecule has 1 aliphatic rings. The molecule has 1 saturated carbocycles. The van der Waals surface area contributed by atoms with E-state index in [1.54, 1.807) is 13.0 Å². The van der Waals surface area contributed by atoms with Gasteiger partial charge in [-0.1, -0.05) is 35.9 Å². The van der Waals surface area contributed by atoms with Gasteiger partial charge in [0, 0.05) is 17.5 Å². The molecule has 0 bridgehead atoms. The molecule has 0 aromatic heterocycles. The highest BCUT2D eigenvalue weighted by Crippen LogP contribution is 2.45. The minimum Gasteiger partial charge on any atom is -0.385 e. The third-order valence-corrected chi connectivity index (χ3v) is 6.16. The average Bonchev–Trinajstić information content (AvgIpc) is 2.62. The molecule has 0 spiro atoms. The van der Waals surface area contributed by atoms with Gasteiger partial charge in [-0.15, -0.1) is 0 Å². The van der Waals surface area contributed by atoms with E-state index in [1.807, 2.05) is 32.3 Å². The van der Waals surface area contributed by atoms with Gasteiger partial charge in [0.15, 0.2) is 0 Å². The van der Waals surface area contributed by atoms with Crippen LogP contribution in [0, 0.1) is 24.6 Å². The van der Waals surface area contributed by atoms with E-state index in [9.17, 15) is 9.50 Å². The van der Waals surface area contributed by atoms with Crippen LogP contribution in [0.1, 0.15) is 36.0 Å². The first-order chi connectivity index (χ1) is 12.8. The van der Waals surface area contributed by atoms with Gasteiger partial charge in [-0.3, -0.25) is 0 Å². The van der Waals surface area contributed by atoms with Crippen LogP contribution >= 0.6 is 11.6 Å². The first-order valence-electron chi connectivity index (χ1n) is 9.66. The second kappa shape index (κ2) is 8.30. The molecule has 1 aliphatic carbocycles. The van der Waals surface area contributed by atoms with Crippen LogP contribution < -0.4 is 0 Å². The van der Waals surface area contributed by atoms with Crippen LogP contribution in [0.4, 0.5) is 4.39 Å². The van der Waals surface area contributed by atoms with Gasteiger partial charge in [-0.25, -0.2) is 4.39 Å². The lowest BCUT2D eigenvalue weighted by Gasteiger charge is -2.45. The van der Waals surface area contributed by atoms with Crippen LogP contribution in [0.3, 0.4) is 0 Å². The number of rotatable bonds is 5. The predicted molar refractivity (Wildman–Crippen MR) is 110 cm³/mol. The van der Waals surface area contributed by atoms with E-state index in [4.69, 9.17) is 11.6 Å². The van der Waals surface area contributed by atoms with Crippen molar-refractivity contribution in [2.75, 3.05) is 20.6 Å². The fourth-order valence-electron chi connectivity index (χ4n) is 4.44. The molecular weight excluding hydrogens is 361 g/mol. The third-order valence-electron chi connectivity index (χ3n) is 5.91. The van der Waals surface area contributed by atoms with Crippen LogP contribution in [0.2, 0.25) is 5.02 Å². The molecule has 3 rings (SSSR count). The zero-order valence-corrected chi connectivity index (χ0v) is 17.1. The number of hydrogen-bond acceptors (Lipinski definition) is 2.